The Morgan fingerprint density at radius 3 is 2.50 bits per heavy atom. The number of methoxy groups -OCH3 is 1. The maximum Gasteiger partial charge on any atom is 0.241 e. The van der Waals surface area contributed by atoms with Gasteiger partial charge >= 0.3 is 0 Å². The summed E-state index contributed by atoms with van der Waals surface area (Å²) in [6.07, 6.45) is 4.19. The van der Waals surface area contributed by atoms with Crippen LogP contribution in [0.5, 0.6) is 5.75 Å². The summed E-state index contributed by atoms with van der Waals surface area (Å²) in [6.45, 7) is 4.25. The maximum absolute atomic E-state index is 13.1. The van der Waals surface area contributed by atoms with Crippen molar-refractivity contribution in [1.29, 1.82) is 0 Å². The highest BCUT2D eigenvalue weighted by atomic mass is 16.5. The lowest BCUT2D eigenvalue weighted by Gasteiger charge is -2.31. The van der Waals surface area contributed by atoms with Crippen LogP contribution < -0.4 is 9.64 Å². The molecular weight excluding hydrogens is 402 g/mol. The van der Waals surface area contributed by atoms with Crippen molar-refractivity contribution in [3.8, 4) is 5.75 Å². The van der Waals surface area contributed by atoms with Gasteiger partial charge in [-0.15, -0.1) is 0 Å². The summed E-state index contributed by atoms with van der Waals surface area (Å²) in [4.78, 5) is 31.9. The second-order valence-electron chi connectivity index (χ2n) is 8.64. The Morgan fingerprint density at radius 2 is 1.69 bits per heavy atom. The number of hydrogen-bond acceptors (Lipinski definition) is 4. The van der Waals surface area contributed by atoms with E-state index in [1.54, 1.807) is 7.11 Å². The molecule has 170 valence electrons. The summed E-state index contributed by atoms with van der Waals surface area (Å²) in [5.41, 5.74) is 3.47. The fourth-order valence-electron chi connectivity index (χ4n) is 4.65. The Kier molecular flexibility index (Phi) is 7.43. The minimum Gasteiger partial charge on any atom is -0.497 e. The smallest absolute Gasteiger partial charge is 0.241 e. The first-order valence-corrected chi connectivity index (χ1v) is 11.7. The molecule has 0 atom stereocenters. The molecule has 0 aromatic heterocycles. The Hall–Kier alpha value is -2.86. The molecule has 0 spiro atoms. The largest absolute Gasteiger partial charge is 0.497 e. The van der Waals surface area contributed by atoms with Crippen LogP contribution in [0.2, 0.25) is 0 Å². The van der Waals surface area contributed by atoms with Crippen molar-refractivity contribution in [2.45, 2.75) is 32.1 Å². The summed E-state index contributed by atoms with van der Waals surface area (Å²) < 4.78 is 5.19. The van der Waals surface area contributed by atoms with E-state index < -0.39 is 0 Å². The zero-order valence-corrected chi connectivity index (χ0v) is 19.0. The van der Waals surface area contributed by atoms with Crippen LogP contribution in [0.1, 0.15) is 30.4 Å². The molecule has 1 saturated heterocycles. The third kappa shape index (κ3) is 5.49. The molecular formula is C26H33N3O3. The van der Waals surface area contributed by atoms with Crippen LogP contribution in [0.4, 0.5) is 5.69 Å². The molecule has 0 unspecified atom stereocenters. The molecule has 0 radical (unpaired) electrons. The second kappa shape index (κ2) is 10.6. The molecule has 0 bridgehead atoms. The van der Waals surface area contributed by atoms with Gasteiger partial charge in [-0.05, 0) is 55.0 Å². The van der Waals surface area contributed by atoms with Crippen LogP contribution in [-0.2, 0) is 22.4 Å². The summed E-state index contributed by atoms with van der Waals surface area (Å²) in [7, 11) is 1.65. The van der Waals surface area contributed by atoms with E-state index in [1.807, 2.05) is 46.2 Å². The van der Waals surface area contributed by atoms with E-state index in [0.29, 0.717) is 19.5 Å². The van der Waals surface area contributed by atoms with Crippen LogP contribution in [0.25, 0.3) is 0 Å². The average molecular weight is 436 g/mol. The number of aryl methyl sites for hydroxylation is 2. The number of benzene rings is 2. The van der Waals surface area contributed by atoms with Crippen molar-refractivity contribution in [3.05, 3.63) is 59.7 Å². The molecule has 2 aliphatic heterocycles. The van der Waals surface area contributed by atoms with E-state index in [9.17, 15) is 9.59 Å². The van der Waals surface area contributed by atoms with Crippen LogP contribution in [0.15, 0.2) is 48.5 Å². The molecule has 0 aliphatic carbocycles. The molecule has 1 fully saturated rings. The molecule has 32 heavy (non-hydrogen) atoms. The lowest BCUT2D eigenvalue weighted by Crippen LogP contribution is -2.44. The van der Waals surface area contributed by atoms with Gasteiger partial charge in [0.25, 0.3) is 0 Å². The van der Waals surface area contributed by atoms with Gasteiger partial charge in [0.05, 0.1) is 13.7 Å². The number of para-hydroxylation sites is 1. The van der Waals surface area contributed by atoms with E-state index in [1.165, 1.54) is 5.56 Å². The van der Waals surface area contributed by atoms with Crippen LogP contribution in [-0.4, -0.2) is 68.0 Å². The lowest BCUT2D eigenvalue weighted by atomic mass is 10.0. The van der Waals surface area contributed by atoms with Gasteiger partial charge in [0, 0.05) is 44.8 Å². The number of carbonyl (C=O) groups excluding carboxylic acids is 2. The van der Waals surface area contributed by atoms with Crippen molar-refractivity contribution < 1.29 is 14.3 Å². The molecule has 6 nitrogen and oxygen atoms in total. The number of nitrogens with zero attached hydrogens (tertiary/aromatic N) is 3. The first-order chi connectivity index (χ1) is 15.6. The van der Waals surface area contributed by atoms with Gasteiger partial charge in [0.15, 0.2) is 0 Å². The van der Waals surface area contributed by atoms with E-state index in [-0.39, 0.29) is 11.8 Å². The van der Waals surface area contributed by atoms with Crippen molar-refractivity contribution in [2.75, 3.05) is 51.3 Å². The molecule has 2 aromatic rings. The first kappa shape index (κ1) is 22.3. The van der Waals surface area contributed by atoms with Crippen LogP contribution in [0, 0.1) is 0 Å². The topological polar surface area (TPSA) is 53.1 Å². The Balaban J connectivity index is 1.26. The predicted molar refractivity (Wildman–Crippen MR) is 126 cm³/mol. The van der Waals surface area contributed by atoms with Gasteiger partial charge in [0.1, 0.15) is 5.75 Å². The van der Waals surface area contributed by atoms with E-state index in [2.05, 4.69) is 17.0 Å². The Morgan fingerprint density at radius 1 is 0.875 bits per heavy atom. The first-order valence-electron chi connectivity index (χ1n) is 11.7. The molecule has 2 heterocycles. The highest BCUT2D eigenvalue weighted by molar-refractivity contribution is 5.96. The van der Waals surface area contributed by atoms with Gasteiger partial charge in [0.2, 0.25) is 11.8 Å². The summed E-state index contributed by atoms with van der Waals surface area (Å²) in [6, 6.07) is 16.1. The van der Waals surface area contributed by atoms with Crippen LogP contribution in [0.3, 0.4) is 0 Å². The van der Waals surface area contributed by atoms with E-state index in [0.717, 1.165) is 68.9 Å². The molecule has 6 heteroatoms. The number of rotatable bonds is 6. The third-order valence-electron chi connectivity index (χ3n) is 6.50. The fourth-order valence-corrected chi connectivity index (χ4v) is 4.65. The van der Waals surface area contributed by atoms with Crippen molar-refractivity contribution >= 4 is 17.5 Å². The number of anilines is 1. The zero-order valence-electron chi connectivity index (χ0n) is 19.0. The van der Waals surface area contributed by atoms with Crippen LogP contribution >= 0.6 is 0 Å². The maximum atomic E-state index is 13.1. The number of carbonyl (C=O) groups is 2. The highest BCUT2D eigenvalue weighted by Crippen LogP contribution is 2.26. The number of hydrogen-bond donors (Lipinski definition) is 0. The normalized spacial score (nSPS) is 16.9. The molecule has 4 rings (SSSR count). The van der Waals surface area contributed by atoms with E-state index >= 15 is 0 Å². The molecule has 0 saturated carbocycles. The molecule has 2 aromatic carbocycles. The summed E-state index contributed by atoms with van der Waals surface area (Å²) in [5.74, 6) is 1.19. The van der Waals surface area contributed by atoms with Crippen molar-refractivity contribution in [2.24, 2.45) is 0 Å². The number of fused-ring (bicyclic) bond motifs is 1. The number of ether oxygens (including phenoxy) is 1. The standard InChI is InChI=1S/C26H33N3O3/c1-32-23-12-9-21(10-13-23)11-14-25(30)28-16-5-15-27(18-19-28)20-26(31)29-17-4-7-22-6-2-3-8-24(22)29/h2-3,6,8-10,12-13H,4-5,7,11,14-20H2,1H3. The second-order valence-corrected chi connectivity index (χ2v) is 8.64. The summed E-state index contributed by atoms with van der Waals surface area (Å²) >= 11 is 0. The molecule has 2 aliphatic rings. The minimum atomic E-state index is 0.163. The van der Waals surface area contributed by atoms with Gasteiger partial charge in [-0.25, -0.2) is 0 Å². The lowest BCUT2D eigenvalue weighted by molar-refractivity contribution is -0.131. The molecule has 0 N–H and O–H groups in total. The zero-order chi connectivity index (χ0) is 22.3. The Labute approximate surface area is 190 Å². The predicted octanol–water partition coefficient (Wildman–Crippen LogP) is 3.14. The van der Waals surface area contributed by atoms with Gasteiger partial charge in [-0.3, -0.25) is 14.5 Å². The SMILES string of the molecule is COc1ccc(CCC(=O)N2CCCN(CC(=O)N3CCCc4ccccc43)CC2)cc1. The minimum absolute atomic E-state index is 0.163. The monoisotopic (exact) mass is 435 g/mol. The number of amides is 2. The molecule has 2 amide bonds. The highest BCUT2D eigenvalue weighted by Gasteiger charge is 2.25. The fraction of sp³-hybridized carbons (Fsp3) is 0.462. The van der Waals surface area contributed by atoms with Crippen molar-refractivity contribution in [1.82, 2.24) is 9.80 Å². The van der Waals surface area contributed by atoms with E-state index in [4.69, 9.17) is 4.74 Å². The quantitative estimate of drug-likeness (QED) is 0.700. The summed E-state index contributed by atoms with van der Waals surface area (Å²) in [5, 5.41) is 0. The van der Waals surface area contributed by atoms with Gasteiger partial charge < -0.3 is 14.5 Å². The van der Waals surface area contributed by atoms with Gasteiger partial charge in [-0.2, -0.15) is 0 Å². The van der Waals surface area contributed by atoms with Crippen molar-refractivity contribution in [3.63, 3.8) is 0 Å². The third-order valence-corrected chi connectivity index (χ3v) is 6.50. The van der Waals surface area contributed by atoms with Gasteiger partial charge in [-0.1, -0.05) is 30.3 Å². The Bertz CT molecular complexity index is 928. The average Bonchev–Trinajstić information content (AvgIpc) is 3.08.